The van der Waals surface area contributed by atoms with Crippen LogP contribution in [0.25, 0.3) is 0 Å². The monoisotopic (exact) mass is 450 g/mol. The molecule has 0 radical (unpaired) electrons. The zero-order chi connectivity index (χ0) is 22.6. The van der Waals surface area contributed by atoms with Crippen LogP contribution in [-0.2, 0) is 16.2 Å². The van der Waals surface area contributed by atoms with Gasteiger partial charge in [0.05, 0.1) is 17.6 Å². The fourth-order valence-corrected chi connectivity index (χ4v) is 3.74. The zero-order valence-corrected chi connectivity index (χ0v) is 16.9. The molecule has 0 aromatic heterocycles. The Bertz CT molecular complexity index is 1190. The average Bonchev–Trinajstić information content (AvgIpc) is 2.73. The highest BCUT2D eigenvalue weighted by atomic mass is 32.2. The van der Waals surface area contributed by atoms with E-state index < -0.39 is 27.7 Å². The molecule has 3 rings (SSSR count). The number of amides is 1. The Kier molecular flexibility index (Phi) is 6.21. The largest absolute Gasteiger partial charge is 0.497 e. The minimum Gasteiger partial charge on any atom is -0.497 e. The first-order chi connectivity index (χ1) is 14.6. The van der Waals surface area contributed by atoms with Crippen molar-refractivity contribution in [1.82, 2.24) is 0 Å². The van der Waals surface area contributed by atoms with Gasteiger partial charge >= 0.3 is 6.18 Å². The van der Waals surface area contributed by atoms with E-state index in [4.69, 9.17) is 4.74 Å². The summed E-state index contributed by atoms with van der Waals surface area (Å²) in [6, 6.07) is 15.6. The summed E-state index contributed by atoms with van der Waals surface area (Å²) in [5, 5.41) is 2.39. The first-order valence-electron chi connectivity index (χ1n) is 8.84. The topological polar surface area (TPSA) is 84.5 Å². The van der Waals surface area contributed by atoms with E-state index in [0.29, 0.717) is 5.75 Å². The maximum Gasteiger partial charge on any atom is 0.416 e. The van der Waals surface area contributed by atoms with Crippen molar-refractivity contribution in [1.29, 1.82) is 0 Å². The number of sulfonamides is 1. The van der Waals surface area contributed by atoms with E-state index in [1.807, 2.05) is 0 Å². The summed E-state index contributed by atoms with van der Waals surface area (Å²) in [7, 11) is -2.46. The standard InChI is InChI=1S/C21H17F3N2O4S/c1-30-18-6-3-7-19(13-18)31(28,29)26-16-10-8-14(9-11-16)20(27)25-17-5-2-4-15(12-17)21(22,23)24/h2-13,26H,1H3,(H,25,27). The van der Waals surface area contributed by atoms with Gasteiger partial charge in [-0.15, -0.1) is 0 Å². The molecule has 0 saturated heterocycles. The maximum atomic E-state index is 12.8. The molecular weight excluding hydrogens is 433 g/mol. The number of ether oxygens (including phenoxy) is 1. The molecule has 0 aliphatic heterocycles. The van der Waals surface area contributed by atoms with Gasteiger partial charge < -0.3 is 10.1 Å². The van der Waals surface area contributed by atoms with Crippen LogP contribution in [0.4, 0.5) is 24.5 Å². The Hall–Kier alpha value is -3.53. The molecule has 0 atom stereocenters. The third-order valence-electron chi connectivity index (χ3n) is 4.20. The predicted octanol–water partition coefficient (Wildman–Crippen LogP) is 4.77. The normalized spacial score (nSPS) is 11.6. The lowest BCUT2D eigenvalue weighted by Gasteiger charge is -2.11. The van der Waals surface area contributed by atoms with Crippen molar-refractivity contribution in [3.8, 4) is 5.75 Å². The maximum absolute atomic E-state index is 12.8. The number of anilines is 2. The molecule has 0 aliphatic carbocycles. The third kappa shape index (κ3) is 5.54. The Balaban J connectivity index is 1.72. The molecule has 31 heavy (non-hydrogen) atoms. The van der Waals surface area contributed by atoms with Crippen LogP contribution in [0.15, 0.2) is 77.7 Å². The van der Waals surface area contributed by atoms with Crippen molar-refractivity contribution in [3.05, 3.63) is 83.9 Å². The van der Waals surface area contributed by atoms with Crippen molar-refractivity contribution >= 4 is 27.3 Å². The highest BCUT2D eigenvalue weighted by Crippen LogP contribution is 2.30. The van der Waals surface area contributed by atoms with Gasteiger partial charge in [0.2, 0.25) is 0 Å². The number of alkyl halides is 3. The molecule has 0 aliphatic rings. The van der Waals surface area contributed by atoms with Crippen LogP contribution in [0.2, 0.25) is 0 Å². The summed E-state index contributed by atoms with van der Waals surface area (Å²) >= 11 is 0. The van der Waals surface area contributed by atoms with Gasteiger partial charge in [0.1, 0.15) is 5.75 Å². The predicted molar refractivity (Wildman–Crippen MR) is 110 cm³/mol. The van der Waals surface area contributed by atoms with Crippen LogP contribution in [0.5, 0.6) is 5.75 Å². The van der Waals surface area contributed by atoms with Gasteiger partial charge in [0.25, 0.3) is 15.9 Å². The minimum absolute atomic E-state index is 0.00165. The molecule has 0 unspecified atom stereocenters. The summed E-state index contributed by atoms with van der Waals surface area (Å²) in [6.07, 6.45) is -4.53. The van der Waals surface area contributed by atoms with E-state index in [0.717, 1.165) is 12.1 Å². The van der Waals surface area contributed by atoms with Crippen molar-refractivity contribution in [2.75, 3.05) is 17.1 Å². The van der Waals surface area contributed by atoms with E-state index in [-0.39, 0.29) is 21.8 Å². The van der Waals surface area contributed by atoms with Gasteiger partial charge in [-0.3, -0.25) is 9.52 Å². The number of benzene rings is 3. The van der Waals surface area contributed by atoms with Crippen molar-refractivity contribution in [3.63, 3.8) is 0 Å². The van der Waals surface area contributed by atoms with Gasteiger partial charge in [0.15, 0.2) is 0 Å². The van der Waals surface area contributed by atoms with Crippen molar-refractivity contribution < 1.29 is 31.1 Å². The molecule has 162 valence electrons. The summed E-state index contributed by atoms with van der Waals surface area (Å²) in [6.45, 7) is 0. The first-order valence-corrected chi connectivity index (χ1v) is 10.3. The molecule has 1 amide bonds. The van der Waals surface area contributed by atoms with Crippen LogP contribution in [-0.4, -0.2) is 21.4 Å². The van der Waals surface area contributed by atoms with E-state index >= 15 is 0 Å². The number of methoxy groups -OCH3 is 1. The van der Waals surface area contributed by atoms with Crippen LogP contribution in [0.1, 0.15) is 15.9 Å². The highest BCUT2D eigenvalue weighted by molar-refractivity contribution is 7.92. The van der Waals surface area contributed by atoms with Gasteiger partial charge in [-0.2, -0.15) is 13.2 Å². The summed E-state index contributed by atoms with van der Waals surface area (Å²) in [4.78, 5) is 12.3. The summed E-state index contributed by atoms with van der Waals surface area (Å²) in [5.74, 6) is -0.258. The van der Waals surface area contributed by atoms with E-state index in [9.17, 15) is 26.4 Å². The number of rotatable bonds is 6. The first kappa shape index (κ1) is 22.2. The van der Waals surface area contributed by atoms with E-state index in [1.54, 1.807) is 6.07 Å². The Morgan fingerprint density at radius 2 is 1.58 bits per heavy atom. The average molecular weight is 450 g/mol. The zero-order valence-electron chi connectivity index (χ0n) is 16.1. The third-order valence-corrected chi connectivity index (χ3v) is 5.58. The second kappa shape index (κ2) is 8.68. The number of hydrogen-bond acceptors (Lipinski definition) is 4. The molecule has 0 fully saturated rings. The number of hydrogen-bond donors (Lipinski definition) is 2. The number of nitrogens with one attached hydrogen (secondary N) is 2. The lowest BCUT2D eigenvalue weighted by molar-refractivity contribution is -0.137. The Morgan fingerprint density at radius 1 is 0.903 bits per heavy atom. The number of carbonyl (C=O) groups excluding carboxylic acids is 1. The lowest BCUT2D eigenvalue weighted by atomic mass is 10.1. The quantitative estimate of drug-likeness (QED) is 0.567. The molecule has 2 N–H and O–H groups in total. The van der Waals surface area contributed by atoms with Crippen LogP contribution >= 0.6 is 0 Å². The second-order valence-electron chi connectivity index (χ2n) is 6.39. The molecule has 0 spiro atoms. The fourth-order valence-electron chi connectivity index (χ4n) is 2.65. The highest BCUT2D eigenvalue weighted by Gasteiger charge is 2.30. The smallest absolute Gasteiger partial charge is 0.416 e. The summed E-state index contributed by atoms with van der Waals surface area (Å²) < 4.78 is 70.8. The van der Waals surface area contributed by atoms with E-state index in [1.165, 1.54) is 61.7 Å². The minimum atomic E-state index is -4.53. The van der Waals surface area contributed by atoms with Gasteiger partial charge in [-0.25, -0.2) is 8.42 Å². The Labute approximate surface area is 176 Å². The molecular formula is C21H17F3N2O4S. The van der Waals surface area contributed by atoms with E-state index in [2.05, 4.69) is 10.0 Å². The van der Waals surface area contributed by atoms with Gasteiger partial charge in [-0.05, 0) is 54.6 Å². The lowest BCUT2D eigenvalue weighted by Crippen LogP contribution is -2.14. The molecule has 10 heteroatoms. The SMILES string of the molecule is COc1cccc(S(=O)(=O)Nc2ccc(C(=O)Nc3cccc(C(F)(F)F)c3)cc2)c1. The Morgan fingerprint density at radius 3 is 2.23 bits per heavy atom. The number of carbonyl (C=O) groups is 1. The number of halogens is 3. The van der Waals surface area contributed by atoms with Crippen molar-refractivity contribution in [2.24, 2.45) is 0 Å². The second-order valence-corrected chi connectivity index (χ2v) is 8.08. The molecule has 0 heterocycles. The van der Waals surface area contributed by atoms with Crippen molar-refractivity contribution in [2.45, 2.75) is 11.1 Å². The van der Waals surface area contributed by atoms with Gasteiger partial charge in [-0.1, -0.05) is 12.1 Å². The summed E-state index contributed by atoms with van der Waals surface area (Å²) in [5.41, 5.74) is -0.546. The van der Waals surface area contributed by atoms with Crippen LogP contribution in [0, 0.1) is 0 Å². The molecule has 3 aromatic carbocycles. The van der Waals surface area contributed by atoms with Crippen LogP contribution in [0.3, 0.4) is 0 Å². The molecule has 0 saturated carbocycles. The van der Waals surface area contributed by atoms with Crippen LogP contribution < -0.4 is 14.8 Å². The fraction of sp³-hybridized carbons (Fsp3) is 0.0952. The molecule has 6 nitrogen and oxygen atoms in total. The molecule has 3 aromatic rings. The molecule has 0 bridgehead atoms. The van der Waals surface area contributed by atoms with Gasteiger partial charge in [0, 0.05) is 23.0 Å².